The van der Waals surface area contributed by atoms with Gasteiger partial charge in [0, 0.05) is 6.04 Å². The SMILES string of the molecule is CC[C@@H](C)n1c(SCC(=O)NC2(C#N)CCCCC2)nc2ccccc2c1=O. The van der Waals surface area contributed by atoms with E-state index in [1.54, 1.807) is 10.6 Å². The summed E-state index contributed by atoms with van der Waals surface area (Å²) in [7, 11) is 0. The number of nitrogens with zero attached hydrogens (tertiary/aromatic N) is 3. The zero-order valence-electron chi connectivity index (χ0n) is 16.4. The van der Waals surface area contributed by atoms with Gasteiger partial charge in [-0.2, -0.15) is 5.26 Å². The van der Waals surface area contributed by atoms with E-state index in [4.69, 9.17) is 0 Å². The van der Waals surface area contributed by atoms with E-state index in [0.29, 0.717) is 28.9 Å². The number of nitrogens with one attached hydrogen (secondary N) is 1. The lowest BCUT2D eigenvalue weighted by atomic mass is 9.83. The molecule has 1 N–H and O–H groups in total. The Kier molecular flexibility index (Phi) is 6.40. The highest BCUT2D eigenvalue weighted by Gasteiger charge is 2.33. The van der Waals surface area contributed by atoms with Gasteiger partial charge in [-0.1, -0.05) is 50.1 Å². The van der Waals surface area contributed by atoms with Crippen LogP contribution in [0.15, 0.2) is 34.2 Å². The smallest absolute Gasteiger partial charge is 0.262 e. The number of thioether (sulfide) groups is 1. The van der Waals surface area contributed by atoms with Gasteiger partial charge in [-0.3, -0.25) is 14.2 Å². The van der Waals surface area contributed by atoms with Crippen molar-refractivity contribution < 1.29 is 4.79 Å². The van der Waals surface area contributed by atoms with Crippen molar-refractivity contribution in [2.24, 2.45) is 0 Å². The number of hydrogen-bond acceptors (Lipinski definition) is 5. The van der Waals surface area contributed by atoms with Crippen LogP contribution in [0, 0.1) is 11.3 Å². The van der Waals surface area contributed by atoms with Crippen LogP contribution in [0.3, 0.4) is 0 Å². The summed E-state index contributed by atoms with van der Waals surface area (Å²) in [5, 5.41) is 13.6. The Bertz CT molecular complexity index is 957. The molecule has 0 radical (unpaired) electrons. The topological polar surface area (TPSA) is 87.8 Å². The van der Waals surface area contributed by atoms with Crippen LogP contribution in [0.5, 0.6) is 0 Å². The Hall–Kier alpha value is -2.33. The van der Waals surface area contributed by atoms with E-state index in [1.807, 2.05) is 32.0 Å². The van der Waals surface area contributed by atoms with Crippen LogP contribution in [0.25, 0.3) is 10.9 Å². The fraction of sp³-hybridized carbons (Fsp3) is 0.524. The van der Waals surface area contributed by atoms with Gasteiger partial charge in [-0.25, -0.2) is 4.98 Å². The molecule has 28 heavy (non-hydrogen) atoms. The summed E-state index contributed by atoms with van der Waals surface area (Å²) >= 11 is 1.26. The van der Waals surface area contributed by atoms with Gasteiger partial charge in [-0.05, 0) is 38.3 Å². The van der Waals surface area contributed by atoms with Crippen LogP contribution < -0.4 is 10.9 Å². The van der Waals surface area contributed by atoms with Crippen molar-refractivity contribution >= 4 is 28.6 Å². The molecule has 0 spiro atoms. The van der Waals surface area contributed by atoms with Crippen LogP contribution in [-0.2, 0) is 4.79 Å². The van der Waals surface area contributed by atoms with Crippen molar-refractivity contribution in [3.63, 3.8) is 0 Å². The van der Waals surface area contributed by atoms with E-state index in [-0.39, 0.29) is 23.3 Å². The average molecular weight is 399 g/mol. The number of carbonyl (C=O) groups excluding carboxylic acids is 1. The predicted octanol–water partition coefficient (Wildman–Crippen LogP) is 3.80. The quantitative estimate of drug-likeness (QED) is 0.591. The Morgan fingerprint density at radius 1 is 1.36 bits per heavy atom. The highest BCUT2D eigenvalue weighted by Crippen LogP contribution is 2.28. The minimum Gasteiger partial charge on any atom is -0.337 e. The van der Waals surface area contributed by atoms with Crippen molar-refractivity contribution in [1.82, 2.24) is 14.9 Å². The fourth-order valence-corrected chi connectivity index (χ4v) is 4.55. The maximum atomic E-state index is 13.0. The molecule has 1 aromatic carbocycles. The van der Waals surface area contributed by atoms with E-state index >= 15 is 0 Å². The molecule has 0 bridgehead atoms. The third-order valence-corrected chi connectivity index (χ3v) is 6.39. The van der Waals surface area contributed by atoms with E-state index in [1.165, 1.54) is 11.8 Å². The maximum Gasteiger partial charge on any atom is 0.262 e. The molecule has 7 heteroatoms. The summed E-state index contributed by atoms with van der Waals surface area (Å²) in [6, 6.07) is 9.57. The van der Waals surface area contributed by atoms with Crippen molar-refractivity contribution in [1.29, 1.82) is 5.26 Å². The number of fused-ring (bicyclic) bond motifs is 1. The van der Waals surface area contributed by atoms with Gasteiger partial charge in [0.05, 0.1) is 22.7 Å². The minimum absolute atomic E-state index is 0.0148. The lowest BCUT2D eigenvalue weighted by Gasteiger charge is -2.31. The minimum atomic E-state index is -0.747. The summed E-state index contributed by atoms with van der Waals surface area (Å²) in [6.07, 6.45) is 5.21. The summed E-state index contributed by atoms with van der Waals surface area (Å²) in [4.78, 5) is 30.2. The molecule has 3 rings (SSSR count). The Morgan fingerprint density at radius 2 is 2.07 bits per heavy atom. The molecular formula is C21H26N4O2S. The number of rotatable bonds is 6. The molecule has 1 aliphatic carbocycles. The summed E-state index contributed by atoms with van der Waals surface area (Å²) in [6.45, 7) is 4.00. The molecule has 2 aromatic rings. The van der Waals surface area contributed by atoms with Crippen LogP contribution in [-0.4, -0.2) is 26.8 Å². The first kappa shape index (κ1) is 20.4. The Balaban J connectivity index is 1.82. The lowest BCUT2D eigenvalue weighted by molar-refractivity contribution is -0.120. The second kappa shape index (κ2) is 8.78. The van der Waals surface area contributed by atoms with Crippen molar-refractivity contribution in [2.75, 3.05) is 5.75 Å². The highest BCUT2D eigenvalue weighted by molar-refractivity contribution is 7.99. The van der Waals surface area contributed by atoms with Gasteiger partial charge >= 0.3 is 0 Å². The zero-order valence-corrected chi connectivity index (χ0v) is 17.2. The number of amides is 1. The molecular weight excluding hydrogens is 372 g/mol. The predicted molar refractivity (Wildman–Crippen MR) is 111 cm³/mol. The van der Waals surface area contributed by atoms with Gasteiger partial charge in [0.25, 0.3) is 5.56 Å². The zero-order chi connectivity index (χ0) is 20.1. The van der Waals surface area contributed by atoms with Crippen LogP contribution in [0.4, 0.5) is 0 Å². The summed E-state index contributed by atoms with van der Waals surface area (Å²) < 4.78 is 1.68. The molecule has 0 saturated heterocycles. The summed E-state index contributed by atoms with van der Waals surface area (Å²) in [5.74, 6) is -0.0588. The molecule has 1 atom stereocenters. The summed E-state index contributed by atoms with van der Waals surface area (Å²) in [5.41, 5.74) is -0.192. The van der Waals surface area contributed by atoms with Gasteiger partial charge in [0.2, 0.25) is 5.91 Å². The molecule has 6 nitrogen and oxygen atoms in total. The first-order chi connectivity index (χ1) is 13.5. The van der Waals surface area contributed by atoms with E-state index in [0.717, 1.165) is 25.7 Å². The first-order valence-corrected chi connectivity index (χ1v) is 10.8. The van der Waals surface area contributed by atoms with Crippen LogP contribution in [0.2, 0.25) is 0 Å². The molecule has 148 valence electrons. The first-order valence-electron chi connectivity index (χ1n) is 9.86. The van der Waals surface area contributed by atoms with Crippen molar-refractivity contribution in [3.05, 3.63) is 34.6 Å². The third-order valence-electron chi connectivity index (χ3n) is 5.44. The largest absolute Gasteiger partial charge is 0.337 e. The molecule has 1 amide bonds. The number of carbonyl (C=O) groups is 1. The molecule has 0 aliphatic heterocycles. The number of nitriles is 1. The molecule has 1 aromatic heterocycles. The van der Waals surface area contributed by atoms with Crippen LogP contribution >= 0.6 is 11.8 Å². The van der Waals surface area contributed by atoms with Gasteiger partial charge < -0.3 is 5.32 Å². The van der Waals surface area contributed by atoms with Gasteiger partial charge in [0.15, 0.2) is 5.16 Å². The monoisotopic (exact) mass is 398 g/mol. The number of para-hydroxylation sites is 1. The van der Waals surface area contributed by atoms with Crippen molar-refractivity contribution in [2.45, 2.75) is 69.1 Å². The normalized spacial score (nSPS) is 17.0. The average Bonchev–Trinajstić information content (AvgIpc) is 2.72. The van der Waals surface area contributed by atoms with E-state index < -0.39 is 5.54 Å². The Labute approximate surface area is 169 Å². The standard InChI is InChI=1S/C21H26N4O2S/c1-3-15(2)25-19(27)16-9-5-6-10-17(16)23-20(25)28-13-18(26)24-21(14-22)11-7-4-8-12-21/h5-6,9-10,15H,3-4,7-8,11-13H2,1-2H3,(H,24,26)/t15-/m1/s1. The Morgan fingerprint density at radius 3 is 2.75 bits per heavy atom. The molecule has 1 fully saturated rings. The number of hydrogen-bond donors (Lipinski definition) is 1. The van der Waals surface area contributed by atoms with Crippen molar-refractivity contribution in [3.8, 4) is 6.07 Å². The van der Waals surface area contributed by atoms with Gasteiger partial charge in [-0.15, -0.1) is 0 Å². The second-order valence-electron chi connectivity index (χ2n) is 7.44. The molecule has 1 aliphatic rings. The molecule has 1 heterocycles. The molecule has 1 saturated carbocycles. The van der Waals surface area contributed by atoms with Gasteiger partial charge in [0.1, 0.15) is 5.54 Å². The lowest BCUT2D eigenvalue weighted by Crippen LogP contribution is -2.49. The van der Waals surface area contributed by atoms with Crippen LogP contribution in [0.1, 0.15) is 58.4 Å². The van der Waals surface area contributed by atoms with E-state index in [9.17, 15) is 14.9 Å². The maximum absolute atomic E-state index is 13.0. The third kappa shape index (κ3) is 4.22. The second-order valence-corrected chi connectivity index (χ2v) is 8.38. The molecule has 0 unspecified atom stereocenters. The number of aromatic nitrogens is 2. The fourth-order valence-electron chi connectivity index (χ4n) is 3.65. The highest BCUT2D eigenvalue weighted by atomic mass is 32.2. The number of benzene rings is 1. The van der Waals surface area contributed by atoms with E-state index in [2.05, 4.69) is 16.4 Å².